The maximum atomic E-state index is 11.7. The van der Waals surface area contributed by atoms with Gasteiger partial charge in [0.15, 0.2) is 0 Å². The van der Waals surface area contributed by atoms with E-state index in [1.54, 1.807) is 0 Å². The van der Waals surface area contributed by atoms with Crippen molar-refractivity contribution < 1.29 is 84.4 Å². The Bertz CT molecular complexity index is 452. The SMILES string of the molecule is CCOC(=O)CN1CCCN(C)CCN(C)CCCNCC1.[Cu].[O-][Cl+3]([O-])([O-])O.[O-][Cl+3]([O-])([O-])O. The number of carbonyl (C=O) groups excluding carboxylic acids is 1. The van der Waals surface area contributed by atoms with Gasteiger partial charge in [-0.05, 0) is 53.5 Å². The summed E-state index contributed by atoms with van der Waals surface area (Å²) in [5.74, 6) is -0.112. The van der Waals surface area contributed by atoms with Crippen molar-refractivity contribution >= 4 is 5.97 Å². The number of nitrogens with one attached hydrogen (secondary N) is 1. The van der Waals surface area contributed by atoms with Crippen LogP contribution in [0.2, 0.25) is 0 Å². The summed E-state index contributed by atoms with van der Waals surface area (Å²) in [6.07, 6.45) is 2.25. The Balaban J connectivity index is -0.000000686. The molecular formula is C16H36Cl2CuN4O10. The molecule has 1 radical (unpaired) electrons. The first-order chi connectivity index (χ1) is 14.6. The summed E-state index contributed by atoms with van der Waals surface area (Å²) in [4.78, 5) is 18.7. The molecule has 0 amide bonds. The summed E-state index contributed by atoms with van der Waals surface area (Å²) in [6, 6.07) is 0. The minimum Gasteiger partial charge on any atom is -0.465 e. The Morgan fingerprint density at radius 1 is 0.848 bits per heavy atom. The fourth-order valence-electron chi connectivity index (χ4n) is 2.62. The number of carbonyl (C=O) groups is 1. The zero-order valence-corrected chi connectivity index (χ0v) is 21.5. The summed E-state index contributed by atoms with van der Waals surface area (Å²) >= 11 is 0. The number of rotatable bonds is 3. The van der Waals surface area contributed by atoms with Gasteiger partial charge >= 0.3 is 5.97 Å². The average Bonchev–Trinajstić information content (AvgIpc) is 2.59. The Kier molecular flexibility index (Phi) is 24.4. The van der Waals surface area contributed by atoms with E-state index in [1.165, 1.54) is 0 Å². The maximum Gasteiger partial charge on any atom is 0.320 e. The smallest absolute Gasteiger partial charge is 0.320 e. The minimum absolute atomic E-state index is 0. The summed E-state index contributed by atoms with van der Waals surface area (Å²) in [5.41, 5.74) is 0. The molecule has 0 atom stereocenters. The standard InChI is InChI=1S/C16H34N4O2.2ClHO4.Cu/c1-4-22-16(21)15-20-11-6-10-19(3)14-13-18(2)9-5-7-17-8-12-20;2*2-1(3,4)5;/h17H,4-15H2,1-3H3;2*(H,2,3,4,5);. The molecule has 14 nitrogen and oxygen atoms in total. The molecule has 0 bridgehead atoms. The largest absolute Gasteiger partial charge is 0.465 e. The van der Waals surface area contributed by atoms with Gasteiger partial charge in [-0.25, -0.2) is 0 Å². The van der Waals surface area contributed by atoms with Gasteiger partial charge in [0, 0.05) is 49.8 Å². The molecule has 1 aliphatic heterocycles. The molecule has 0 saturated carbocycles. The summed E-state index contributed by atoms with van der Waals surface area (Å²) in [7, 11) is -5.02. The van der Waals surface area contributed by atoms with Crippen molar-refractivity contribution in [1.29, 1.82) is 0 Å². The summed E-state index contributed by atoms with van der Waals surface area (Å²) in [5, 5.41) is 3.47. The van der Waals surface area contributed by atoms with Gasteiger partial charge in [0.05, 0.1) is 43.0 Å². The van der Waals surface area contributed by atoms with Crippen molar-refractivity contribution in [2.45, 2.75) is 19.8 Å². The van der Waals surface area contributed by atoms with Gasteiger partial charge in [0.1, 0.15) is 0 Å². The van der Waals surface area contributed by atoms with Crippen molar-refractivity contribution in [1.82, 2.24) is 20.0 Å². The van der Waals surface area contributed by atoms with Gasteiger partial charge in [-0.2, -0.15) is 28.0 Å². The van der Waals surface area contributed by atoms with Gasteiger partial charge in [0.2, 0.25) is 0 Å². The van der Waals surface area contributed by atoms with Gasteiger partial charge in [-0.1, -0.05) is 0 Å². The third-order valence-corrected chi connectivity index (χ3v) is 4.03. The second-order valence-electron chi connectivity index (χ2n) is 6.94. The summed E-state index contributed by atoms with van der Waals surface area (Å²) < 4.78 is 70.5. The molecule has 1 heterocycles. The van der Waals surface area contributed by atoms with Crippen molar-refractivity contribution in [3.05, 3.63) is 0 Å². The van der Waals surface area contributed by atoms with E-state index < -0.39 is 20.5 Å². The van der Waals surface area contributed by atoms with Crippen LogP contribution in [0.25, 0.3) is 0 Å². The fourth-order valence-corrected chi connectivity index (χ4v) is 2.62. The van der Waals surface area contributed by atoms with Gasteiger partial charge < -0.3 is 19.9 Å². The Morgan fingerprint density at radius 3 is 1.76 bits per heavy atom. The van der Waals surface area contributed by atoms with Crippen LogP contribution in [0.15, 0.2) is 0 Å². The molecule has 0 unspecified atom stereocenters. The molecule has 0 aromatic rings. The monoisotopic (exact) mass is 577 g/mol. The van der Waals surface area contributed by atoms with Crippen LogP contribution in [0.3, 0.4) is 0 Å². The van der Waals surface area contributed by atoms with Crippen molar-refractivity contribution in [2.75, 3.05) is 79.6 Å². The molecule has 0 aromatic carbocycles. The molecular weight excluding hydrogens is 543 g/mol. The maximum absolute atomic E-state index is 11.7. The molecule has 205 valence electrons. The number of hydrogen-bond donors (Lipinski definition) is 3. The van der Waals surface area contributed by atoms with Crippen LogP contribution in [-0.2, 0) is 26.6 Å². The molecule has 3 N–H and O–H groups in total. The number of hydrogen-bond acceptors (Lipinski definition) is 14. The topological polar surface area (TPSA) is 227 Å². The first kappa shape index (κ1) is 37.6. The van der Waals surface area contributed by atoms with E-state index in [-0.39, 0.29) is 23.0 Å². The minimum atomic E-state index is -4.69. The van der Waals surface area contributed by atoms with E-state index in [2.05, 4.69) is 34.1 Å². The molecule has 17 heteroatoms. The van der Waals surface area contributed by atoms with Crippen molar-refractivity contribution in [2.24, 2.45) is 0 Å². The number of likely N-dealkylation sites (N-methyl/N-ethyl adjacent to an activating group) is 2. The van der Waals surface area contributed by atoms with Crippen molar-refractivity contribution in [3.63, 3.8) is 0 Å². The molecule has 33 heavy (non-hydrogen) atoms. The van der Waals surface area contributed by atoms with Crippen LogP contribution in [0, 0.1) is 20.5 Å². The van der Waals surface area contributed by atoms with Crippen LogP contribution in [-0.4, -0.2) is 110 Å². The number of ether oxygens (including phenoxy) is 1. The van der Waals surface area contributed by atoms with Gasteiger partial charge in [0.25, 0.3) is 0 Å². The fraction of sp³-hybridized carbons (Fsp3) is 0.938. The van der Waals surface area contributed by atoms with E-state index in [1.807, 2.05) is 6.92 Å². The third-order valence-electron chi connectivity index (χ3n) is 4.03. The molecule has 1 fully saturated rings. The third kappa shape index (κ3) is 39.6. The number of nitrogens with zero attached hydrogens (tertiary/aromatic N) is 3. The molecule has 0 aromatic heterocycles. The first-order valence-corrected chi connectivity index (χ1v) is 12.4. The van der Waals surface area contributed by atoms with Gasteiger partial charge in [-0.15, -0.1) is 0 Å². The zero-order chi connectivity index (χ0) is 25.2. The average molecular weight is 579 g/mol. The normalized spacial score (nSPS) is 18.4. The quantitative estimate of drug-likeness (QED) is 0.209. The summed E-state index contributed by atoms with van der Waals surface area (Å²) in [6.45, 7) is 10.9. The predicted octanol–water partition coefficient (Wildman–Crippen LogP) is -8.15. The van der Waals surface area contributed by atoms with Crippen LogP contribution < -0.4 is 33.3 Å². The molecule has 0 spiro atoms. The van der Waals surface area contributed by atoms with E-state index in [9.17, 15) is 4.79 Å². The first-order valence-electron chi connectivity index (χ1n) is 9.84. The van der Waals surface area contributed by atoms with E-state index in [0.717, 1.165) is 65.2 Å². The van der Waals surface area contributed by atoms with E-state index in [4.69, 9.17) is 42.0 Å². The molecule has 1 aliphatic rings. The zero-order valence-electron chi connectivity index (χ0n) is 19.0. The van der Waals surface area contributed by atoms with Crippen LogP contribution in [0.4, 0.5) is 0 Å². The Morgan fingerprint density at radius 2 is 1.30 bits per heavy atom. The van der Waals surface area contributed by atoms with E-state index in [0.29, 0.717) is 13.2 Å². The van der Waals surface area contributed by atoms with Gasteiger partial charge in [-0.3, -0.25) is 9.69 Å². The molecule has 1 saturated heterocycles. The van der Waals surface area contributed by atoms with Crippen LogP contribution in [0.1, 0.15) is 19.8 Å². The molecule has 0 aliphatic carbocycles. The van der Waals surface area contributed by atoms with Crippen LogP contribution in [0.5, 0.6) is 0 Å². The second kappa shape index (κ2) is 21.4. The predicted molar refractivity (Wildman–Crippen MR) is 94.6 cm³/mol. The van der Waals surface area contributed by atoms with Crippen LogP contribution >= 0.6 is 0 Å². The number of halogens is 2. The second-order valence-corrected chi connectivity index (χ2v) is 8.52. The molecule has 1 rings (SSSR count). The number of esters is 1. The van der Waals surface area contributed by atoms with Crippen molar-refractivity contribution in [3.8, 4) is 0 Å². The Labute approximate surface area is 209 Å². The Hall–Kier alpha value is 0.0895. The van der Waals surface area contributed by atoms with E-state index >= 15 is 0 Å².